The van der Waals surface area contributed by atoms with Gasteiger partial charge in [0, 0.05) is 6.42 Å². The smallest absolute Gasteiger partial charge is 0.166 e. The number of Topliss-reactive ketones (excluding diaryl/α,β-unsaturated/α-hetero) is 1. The first-order valence-electron chi connectivity index (χ1n) is 3.55. The van der Waals surface area contributed by atoms with Crippen LogP contribution in [0.3, 0.4) is 0 Å². The van der Waals surface area contributed by atoms with E-state index in [0.29, 0.717) is 12.8 Å². The molecular formula is C7H12O3. The monoisotopic (exact) mass is 144 g/mol. The van der Waals surface area contributed by atoms with Gasteiger partial charge >= 0.3 is 0 Å². The fourth-order valence-electron chi connectivity index (χ4n) is 1.24. The van der Waals surface area contributed by atoms with E-state index in [1.807, 2.05) is 0 Å². The van der Waals surface area contributed by atoms with Crippen molar-refractivity contribution < 1.29 is 15.0 Å². The Kier molecular flexibility index (Phi) is 2.06. The molecule has 3 nitrogen and oxygen atoms in total. The Morgan fingerprint density at radius 2 is 2.20 bits per heavy atom. The van der Waals surface area contributed by atoms with E-state index in [4.69, 9.17) is 5.11 Å². The molecule has 0 heterocycles. The number of rotatable bonds is 1. The first kappa shape index (κ1) is 7.69. The molecule has 0 radical (unpaired) electrons. The topological polar surface area (TPSA) is 57.5 Å². The number of hydrogen-bond acceptors (Lipinski definition) is 3. The van der Waals surface area contributed by atoms with Crippen LogP contribution in [0.4, 0.5) is 0 Å². The van der Waals surface area contributed by atoms with Crippen LogP contribution in [0.1, 0.15) is 25.7 Å². The zero-order chi connectivity index (χ0) is 7.61. The lowest BCUT2D eigenvalue weighted by molar-refractivity contribution is -0.145. The maximum atomic E-state index is 10.9. The van der Waals surface area contributed by atoms with Gasteiger partial charge in [-0.15, -0.1) is 0 Å². The van der Waals surface area contributed by atoms with Crippen LogP contribution in [-0.2, 0) is 4.79 Å². The van der Waals surface area contributed by atoms with Crippen LogP contribution < -0.4 is 0 Å². The number of carbonyl (C=O) groups is 1. The molecule has 0 spiro atoms. The van der Waals surface area contributed by atoms with E-state index in [0.717, 1.165) is 12.8 Å². The summed E-state index contributed by atoms with van der Waals surface area (Å²) in [7, 11) is 0. The van der Waals surface area contributed by atoms with E-state index < -0.39 is 12.2 Å². The molecule has 1 aliphatic rings. The van der Waals surface area contributed by atoms with Crippen LogP contribution in [0.15, 0.2) is 0 Å². The molecule has 0 amide bonds. The molecule has 10 heavy (non-hydrogen) atoms. The van der Waals surface area contributed by atoms with Gasteiger partial charge in [-0.1, -0.05) is 0 Å². The Hall–Kier alpha value is -0.410. The zero-order valence-electron chi connectivity index (χ0n) is 5.84. The molecule has 0 unspecified atom stereocenters. The van der Waals surface area contributed by atoms with Gasteiger partial charge in [0.05, 0.1) is 6.61 Å². The minimum absolute atomic E-state index is 0.207. The molecule has 1 fully saturated rings. The highest BCUT2D eigenvalue weighted by Gasteiger charge is 2.36. The third kappa shape index (κ3) is 1.20. The van der Waals surface area contributed by atoms with E-state index in [9.17, 15) is 9.90 Å². The molecule has 1 rings (SSSR count). The van der Waals surface area contributed by atoms with Crippen LogP contribution in [-0.4, -0.2) is 28.2 Å². The van der Waals surface area contributed by atoms with Gasteiger partial charge in [-0.05, 0) is 19.3 Å². The van der Waals surface area contributed by atoms with Crippen molar-refractivity contribution in [1.29, 1.82) is 0 Å². The maximum Gasteiger partial charge on any atom is 0.166 e. The van der Waals surface area contributed by atoms with Crippen molar-refractivity contribution in [2.24, 2.45) is 0 Å². The van der Waals surface area contributed by atoms with E-state index in [2.05, 4.69) is 0 Å². The van der Waals surface area contributed by atoms with Crippen molar-refractivity contribution in [3.63, 3.8) is 0 Å². The van der Waals surface area contributed by atoms with Crippen LogP contribution in [0.25, 0.3) is 0 Å². The van der Waals surface area contributed by atoms with Gasteiger partial charge in [-0.2, -0.15) is 0 Å². The second-order valence-corrected chi connectivity index (χ2v) is 2.82. The second kappa shape index (κ2) is 2.68. The Bertz CT molecular complexity index is 144. The summed E-state index contributed by atoms with van der Waals surface area (Å²) in [5, 5.41) is 18.0. The van der Waals surface area contributed by atoms with Crippen molar-refractivity contribution in [3.05, 3.63) is 0 Å². The van der Waals surface area contributed by atoms with Gasteiger partial charge < -0.3 is 10.2 Å². The van der Waals surface area contributed by atoms with Crippen molar-refractivity contribution in [3.8, 4) is 0 Å². The number of ketones is 1. The van der Waals surface area contributed by atoms with Crippen molar-refractivity contribution in [2.45, 2.75) is 31.3 Å². The number of aliphatic hydroxyl groups is 2. The minimum atomic E-state index is -1.40. The third-order valence-electron chi connectivity index (χ3n) is 2.02. The highest BCUT2D eigenvalue weighted by molar-refractivity contribution is 5.87. The number of aliphatic hydroxyl groups excluding tert-OH is 1. The third-order valence-corrected chi connectivity index (χ3v) is 2.02. The standard InChI is InChI=1S/C7H12O3/c8-5-7(10)4-2-1-3-6(7)9/h8,10H,1-5H2/t7-/m0/s1. The molecule has 0 aromatic carbocycles. The predicted octanol–water partition coefficient (Wildman–Crippen LogP) is -0.147. The van der Waals surface area contributed by atoms with E-state index in [1.54, 1.807) is 0 Å². The van der Waals surface area contributed by atoms with Crippen LogP contribution in [0.5, 0.6) is 0 Å². The summed E-state index contributed by atoms with van der Waals surface area (Å²) in [5.41, 5.74) is -1.40. The van der Waals surface area contributed by atoms with Crippen molar-refractivity contribution >= 4 is 5.78 Å². The van der Waals surface area contributed by atoms with Gasteiger partial charge in [-0.25, -0.2) is 0 Å². The first-order chi connectivity index (χ1) is 4.69. The lowest BCUT2D eigenvalue weighted by Crippen LogP contribution is -2.44. The van der Waals surface area contributed by atoms with Crippen LogP contribution in [0, 0.1) is 0 Å². The van der Waals surface area contributed by atoms with Crippen LogP contribution >= 0.6 is 0 Å². The molecule has 3 heteroatoms. The summed E-state index contributed by atoms with van der Waals surface area (Å²) in [6.45, 7) is -0.425. The quantitative estimate of drug-likeness (QED) is 0.538. The Labute approximate surface area is 59.7 Å². The summed E-state index contributed by atoms with van der Waals surface area (Å²) in [5.74, 6) is -0.207. The van der Waals surface area contributed by atoms with E-state index >= 15 is 0 Å². The predicted molar refractivity (Wildman–Crippen MR) is 35.5 cm³/mol. The average molecular weight is 144 g/mol. The molecule has 2 N–H and O–H groups in total. The Balaban J connectivity index is 2.63. The molecule has 0 bridgehead atoms. The zero-order valence-corrected chi connectivity index (χ0v) is 5.84. The summed E-state index contributed by atoms with van der Waals surface area (Å²) in [4.78, 5) is 10.9. The molecule has 0 aromatic rings. The lowest BCUT2D eigenvalue weighted by atomic mass is 9.84. The molecule has 1 saturated carbocycles. The SMILES string of the molecule is O=C1CCCC[C@]1(O)CO. The largest absolute Gasteiger partial charge is 0.393 e. The average Bonchev–Trinajstić information content (AvgIpc) is 1.96. The normalized spacial score (nSPS) is 34.4. The van der Waals surface area contributed by atoms with E-state index in [1.165, 1.54) is 0 Å². The molecule has 0 aromatic heterocycles. The Morgan fingerprint density at radius 3 is 2.60 bits per heavy atom. The molecule has 0 aliphatic heterocycles. The summed E-state index contributed by atoms with van der Waals surface area (Å²) < 4.78 is 0. The van der Waals surface area contributed by atoms with Gasteiger partial charge in [0.2, 0.25) is 0 Å². The molecule has 1 atom stereocenters. The van der Waals surface area contributed by atoms with Gasteiger partial charge in [0.25, 0.3) is 0 Å². The van der Waals surface area contributed by atoms with Gasteiger partial charge in [-0.3, -0.25) is 4.79 Å². The lowest BCUT2D eigenvalue weighted by Gasteiger charge is -2.27. The Morgan fingerprint density at radius 1 is 1.50 bits per heavy atom. The highest BCUT2D eigenvalue weighted by atomic mass is 16.3. The fourth-order valence-corrected chi connectivity index (χ4v) is 1.24. The number of hydrogen-bond donors (Lipinski definition) is 2. The summed E-state index contributed by atoms with van der Waals surface area (Å²) in [6.07, 6.45) is 2.52. The van der Waals surface area contributed by atoms with Crippen molar-refractivity contribution in [1.82, 2.24) is 0 Å². The molecule has 1 aliphatic carbocycles. The highest BCUT2D eigenvalue weighted by Crippen LogP contribution is 2.23. The van der Waals surface area contributed by atoms with Gasteiger partial charge in [0.15, 0.2) is 5.78 Å². The maximum absolute atomic E-state index is 10.9. The molecule has 58 valence electrons. The van der Waals surface area contributed by atoms with Gasteiger partial charge in [0.1, 0.15) is 5.60 Å². The van der Waals surface area contributed by atoms with E-state index in [-0.39, 0.29) is 5.78 Å². The fraction of sp³-hybridized carbons (Fsp3) is 0.857. The second-order valence-electron chi connectivity index (χ2n) is 2.82. The molecule has 0 saturated heterocycles. The van der Waals surface area contributed by atoms with Crippen molar-refractivity contribution in [2.75, 3.05) is 6.61 Å². The minimum Gasteiger partial charge on any atom is -0.393 e. The summed E-state index contributed by atoms with van der Waals surface area (Å²) in [6, 6.07) is 0. The summed E-state index contributed by atoms with van der Waals surface area (Å²) >= 11 is 0. The number of carbonyl (C=O) groups excluding carboxylic acids is 1. The van der Waals surface area contributed by atoms with Crippen LogP contribution in [0.2, 0.25) is 0 Å². The molecular weight excluding hydrogens is 132 g/mol. The first-order valence-corrected chi connectivity index (χ1v) is 3.55.